The number of hydrogen-bond acceptors (Lipinski definition) is 3. The maximum absolute atomic E-state index is 13.7. The molecule has 0 radical (unpaired) electrons. The number of benzene rings is 1. The molecular weight excluding hydrogens is 330 g/mol. The molecule has 0 aromatic heterocycles. The number of morpholine rings is 1. The first-order valence-corrected chi connectivity index (χ1v) is 7.69. The molecule has 5 nitrogen and oxygen atoms in total. The van der Waals surface area contributed by atoms with Gasteiger partial charge in [0.2, 0.25) is 0 Å². The van der Waals surface area contributed by atoms with Crippen molar-refractivity contribution in [1.29, 1.82) is 0 Å². The first kappa shape index (κ1) is 16.1. The molecule has 1 saturated heterocycles. The number of amides is 2. The number of anilines is 1. The Morgan fingerprint density at radius 2 is 1.91 bits per heavy atom. The van der Waals surface area contributed by atoms with E-state index in [2.05, 4.69) is 0 Å². The highest BCUT2D eigenvalue weighted by atomic mass is 35.5. The molecule has 8 heteroatoms. The largest absolute Gasteiger partial charge is 0.377 e. The van der Waals surface area contributed by atoms with Crippen LogP contribution in [-0.2, 0) is 14.3 Å². The number of hydrogen-bond donors (Lipinski definition) is 1. The third kappa shape index (κ3) is 3.45. The number of ether oxygens (including phenoxy) is 1. The third-order valence-electron chi connectivity index (χ3n) is 4.03. The first-order valence-electron chi connectivity index (χ1n) is 7.31. The van der Waals surface area contributed by atoms with Gasteiger partial charge in [-0.05, 0) is 30.9 Å². The van der Waals surface area contributed by atoms with Crippen molar-refractivity contribution < 1.29 is 23.1 Å². The minimum absolute atomic E-state index is 0.133. The summed E-state index contributed by atoms with van der Waals surface area (Å²) >= 11 is 5.52. The van der Waals surface area contributed by atoms with Crippen LogP contribution in [0.5, 0.6) is 0 Å². The molecule has 2 amide bonds. The van der Waals surface area contributed by atoms with E-state index in [-0.39, 0.29) is 11.1 Å². The average Bonchev–Trinajstić information content (AvgIpc) is 3.34. The molecule has 124 valence electrons. The van der Waals surface area contributed by atoms with Gasteiger partial charge >= 0.3 is 11.8 Å². The lowest BCUT2D eigenvalue weighted by Crippen LogP contribution is -2.53. The molecule has 0 spiro atoms. The number of carbonyl (C=O) groups is 2. The van der Waals surface area contributed by atoms with Crippen LogP contribution < -0.4 is 5.32 Å². The van der Waals surface area contributed by atoms with Gasteiger partial charge in [-0.25, -0.2) is 8.78 Å². The van der Waals surface area contributed by atoms with Gasteiger partial charge in [0.25, 0.3) is 0 Å². The van der Waals surface area contributed by atoms with Crippen molar-refractivity contribution in [3.05, 3.63) is 28.8 Å². The summed E-state index contributed by atoms with van der Waals surface area (Å²) < 4.78 is 32.8. The van der Waals surface area contributed by atoms with E-state index >= 15 is 0 Å². The highest BCUT2D eigenvalue weighted by Crippen LogP contribution is 2.36. The molecule has 1 atom stereocenters. The maximum Gasteiger partial charge on any atom is 0.314 e. The second-order valence-electron chi connectivity index (χ2n) is 5.68. The van der Waals surface area contributed by atoms with Crippen LogP contribution in [0.25, 0.3) is 0 Å². The number of nitrogens with one attached hydrogen (secondary N) is 1. The Morgan fingerprint density at radius 3 is 2.52 bits per heavy atom. The summed E-state index contributed by atoms with van der Waals surface area (Å²) in [5.41, 5.74) is -0.677. The fourth-order valence-electron chi connectivity index (χ4n) is 2.71. The van der Waals surface area contributed by atoms with Gasteiger partial charge in [-0.1, -0.05) is 11.6 Å². The zero-order valence-electron chi connectivity index (χ0n) is 12.2. The Morgan fingerprint density at radius 1 is 1.26 bits per heavy atom. The quantitative estimate of drug-likeness (QED) is 0.837. The molecule has 1 aromatic carbocycles. The van der Waals surface area contributed by atoms with Gasteiger partial charge in [0.1, 0.15) is 5.69 Å². The highest BCUT2D eigenvalue weighted by Gasteiger charge is 2.41. The Bertz CT molecular complexity index is 629. The van der Waals surface area contributed by atoms with Gasteiger partial charge < -0.3 is 15.0 Å². The molecule has 1 saturated carbocycles. The van der Waals surface area contributed by atoms with E-state index in [0.29, 0.717) is 25.7 Å². The summed E-state index contributed by atoms with van der Waals surface area (Å²) in [5, 5.41) is 1.87. The SMILES string of the molecule is O=C(Nc1c(F)cc(Cl)cc1F)C(=O)N1CCOCC1C1CC1. The predicted molar refractivity (Wildman–Crippen MR) is 79.0 cm³/mol. The Balaban J connectivity index is 1.73. The Hall–Kier alpha value is -1.73. The normalized spacial score (nSPS) is 21.2. The van der Waals surface area contributed by atoms with Crippen LogP contribution in [0.3, 0.4) is 0 Å². The third-order valence-corrected chi connectivity index (χ3v) is 4.25. The molecule has 1 aromatic rings. The minimum Gasteiger partial charge on any atom is -0.377 e. The van der Waals surface area contributed by atoms with E-state index in [0.717, 1.165) is 25.0 Å². The lowest BCUT2D eigenvalue weighted by atomic mass is 10.1. The van der Waals surface area contributed by atoms with Gasteiger partial charge in [0.05, 0.1) is 19.3 Å². The highest BCUT2D eigenvalue weighted by molar-refractivity contribution is 6.39. The zero-order valence-corrected chi connectivity index (χ0v) is 12.9. The predicted octanol–water partition coefficient (Wildman–Crippen LogP) is 2.19. The molecule has 2 fully saturated rings. The van der Waals surface area contributed by atoms with Crippen LogP contribution in [0.1, 0.15) is 12.8 Å². The van der Waals surface area contributed by atoms with Crippen LogP contribution in [0.15, 0.2) is 12.1 Å². The number of halogens is 3. The Kier molecular flexibility index (Phi) is 4.50. The second-order valence-corrected chi connectivity index (χ2v) is 6.11. The van der Waals surface area contributed by atoms with Gasteiger partial charge in [-0.3, -0.25) is 9.59 Å². The van der Waals surface area contributed by atoms with E-state index < -0.39 is 29.1 Å². The van der Waals surface area contributed by atoms with Crippen molar-refractivity contribution in [2.24, 2.45) is 5.92 Å². The standard InChI is InChI=1S/C15H15ClF2N2O3/c16-9-5-10(17)13(11(18)6-9)19-14(21)15(22)20-3-4-23-7-12(20)8-1-2-8/h5-6,8,12H,1-4,7H2,(H,19,21). The van der Waals surface area contributed by atoms with Crippen LogP contribution >= 0.6 is 11.6 Å². The molecule has 3 rings (SSSR count). The van der Waals surface area contributed by atoms with Crippen molar-refractivity contribution >= 4 is 29.1 Å². The molecule has 2 aliphatic rings. The smallest absolute Gasteiger partial charge is 0.314 e. The monoisotopic (exact) mass is 344 g/mol. The van der Waals surface area contributed by atoms with Crippen molar-refractivity contribution in [1.82, 2.24) is 4.90 Å². The summed E-state index contributed by atoms with van der Waals surface area (Å²) in [4.78, 5) is 25.8. The molecule has 1 N–H and O–H groups in total. The van der Waals surface area contributed by atoms with Gasteiger partial charge in [-0.15, -0.1) is 0 Å². The fourth-order valence-corrected chi connectivity index (χ4v) is 2.90. The summed E-state index contributed by atoms with van der Waals surface area (Å²) in [6.07, 6.45) is 1.97. The topological polar surface area (TPSA) is 58.6 Å². The summed E-state index contributed by atoms with van der Waals surface area (Å²) in [7, 11) is 0. The van der Waals surface area contributed by atoms with Crippen LogP contribution in [-0.4, -0.2) is 42.5 Å². The van der Waals surface area contributed by atoms with Crippen molar-refractivity contribution in [3.8, 4) is 0 Å². The zero-order chi connectivity index (χ0) is 16.6. The van der Waals surface area contributed by atoms with Crippen LogP contribution in [0.2, 0.25) is 5.02 Å². The van der Waals surface area contributed by atoms with Gasteiger partial charge in [0, 0.05) is 11.6 Å². The van der Waals surface area contributed by atoms with E-state index in [1.165, 1.54) is 4.90 Å². The number of carbonyl (C=O) groups excluding carboxylic acids is 2. The minimum atomic E-state index is -1.07. The average molecular weight is 345 g/mol. The molecule has 0 bridgehead atoms. The lowest BCUT2D eigenvalue weighted by Gasteiger charge is -2.35. The molecule has 1 aliphatic heterocycles. The molecular formula is C15H15ClF2N2O3. The van der Waals surface area contributed by atoms with Gasteiger partial charge in [0.15, 0.2) is 11.6 Å². The van der Waals surface area contributed by atoms with Crippen LogP contribution in [0, 0.1) is 17.6 Å². The molecule has 1 aliphatic carbocycles. The fraction of sp³-hybridized carbons (Fsp3) is 0.467. The summed E-state index contributed by atoms with van der Waals surface area (Å²) in [6.45, 7) is 1.01. The van der Waals surface area contributed by atoms with Crippen LogP contribution in [0.4, 0.5) is 14.5 Å². The van der Waals surface area contributed by atoms with E-state index in [1.54, 1.807) is 0 Å². The van der Waals surface area contributed by atoms with Crippen molar-refractivity contribution in [3.63, 3.8) is 0 Å². The summed E-state index contributed by atoms with van der Waals surface area (Å²) in [6, 6.07) is 1.58. The molecule has 1 heterocycles. The summed E-state index contributed by atoms with van der Waals surface area (Å²) in [5.74, 6) is -3.61. The van der Waals surface area contributed by atoms with Crippen molar-refractivity contribution in [2.45, 2.75) is 18.9 Å². The lowest BCUT2D eigenvalue weighted by molar-refractivity contribution is -0.149. The number of nitrogens with zero attached hydrogens (tertiary/aromatic N) is 1. The molecule has 23 heavy (non-hydrogen) atoms. The molecule has 1 unspecified atom stereocenters. The number of rotatable bonds is 2. The van der Waals surface area contributed by atoms with E-state index in [9.17, 15) is 18.4 Å². The maximum atomic E-state index is 13.7. The van der Waals surface area contributed by atoms with E-state index in [1.807, 2.05) is 5.32 Å². The first-order chi connectivity index (χ1) is 11.0. The van der Waals surface area contributed by atoms with E-state index in [4.69, 9.17) is 16.3 Å². The second kappa shape index (κ2) is 6.41. The Labute approximate surface area is 136 Å². The van der Waals surface area contributed by atoms with Gasteiger partial charge in [-0.2, -0.15) is 0 Å². The van der Waals surface area contributed by atoms with Crippen molar-refractivity contribution in [2.75, 3.05) is 25.1 Å².